The van der Waals surface area contributed by atoms with Gasteiger partial charge in [0.15, 0.2) is 5.78 Å². The van der Waals surface area contributed by atoms with Crippen molar-refractivity contribution in [1.29, 1.82) is 0 Å². The number of ether oxygens (including phenoxy) is 2. The van der Waals surface area contributed by atoms with Gasteiger partial charge in [-0.1, -0.05) is 18.2 Å². The number of carbonyl (C=O) groups excluding carboxylic acids is 2. The number of carbonyl (C=O) groups is 2. The zero-order valence-electron chi connectivity index (χ0n) is 16.4. The molecule has 0 radical (unpaired) electrons. The molecule has 0 fully saturated rings. The average molecular weight is 381 g/mol. The van der Waals surface area contributed by atoms with Crippen molar-refractivity contribution in [3.63, 3.8) is 0 Å². The van der Waals surface area contributed by atoms with Gasteiger partial charge in [0.25, 0.3) is 0 Å². The minimum Gasteiger partial charge on any atom is -0.497 e. The third-order valence-electron chi connectivity index (χ3n) is 5.40. The summed E-state index contributed by atoms with van der Waals surface area (Å²) in [5.41, 5.74) is 10.1. The lowest BCUT2D eigenvalue weighted by Gasteiger charge is -2.24. The van der Waals surface area contributed by atoms with Crippen LogP contribution in [0, 0.1) is 5.92 Å². The molecule has 5 nitrogen and oxygen atoms in total. The molecule has 2 atom stereocenters. The van der Waals surface area contributed by atoms with E-state index in [1.165, 1.54) is 11.1 Å². The molecule has 5 heteroatoms. The zero-order valence-corrected chi connectivity index (χ0v) is 16.4. The van der Waals surface area contributed by atoms with Crippen LogP contribution in [0.2, 0.25) is 0 Å². The van der Waals surface area contributed by atoms with E-state index < -0.39 is 17.8 Å². The topological polar surface area (TPSA) is 78.6 Å². The fraction of sp³-hybridized carbons (Fsp3) is 0.391. The van der Waals surface area contributed by atoms with Gasteiger partial charge in [-0.2, -0.15) is 0 Å². The van der Waals surface area contributed by atoms with Crippen molar-refractivity contribution in [2.75, 3.05) is 20.3 Å². The first-order valence-corrected chi connectivity index (χ1v) is 9.75. The van der Waals surface area contributed by atoms with E-state index in [9.17, 15) is 9.59 Å². The summed E-state index contributed by atoms with van der Waals surface area (Å²) in [4.78, 5) is 26.0. The largest absolute Gasteiger partial charge is 0.497 e. The third kappa shape index (κ3) is 4.09. The van der Waals surface area contributed by atoms with Gasteiger partial charge in [0.2, 0.25) is 0 Å². The molecule has 2 unspecified atom stereocenters. The Morgan fingerprint density at radius 3 is 2.43 bits per heavy atom. The maximum Gasteiger partial charge on any atom is 0.317 e. The number of benzene rings is 2. The minimum absolute atomic E-state index is 0.185. The van der Waals surface area contributed by atoms with E-state index in [1.54, 1.807) is 38.3 Å². The number of hydrogen-bond acceptors (Lipinski definition) is 5. The maximum absolute atomic E-state index is 13.3. The Morgan fingerprint density at radius 1 is 1.07 bits per heavy atom. The highest BCUT2D eigenvalue weighted by Gasteiger charge is 2.37. The predicted octanol–water partition coefficient (Wildman–Crippen LogP) is 3.29. The Hall–Kier alpha value is -2.66. The van der Waals surface area contributed by atoms with Crippen LogP contribution in [0.25, 0.3) is 0 Å². The maximum atomic E-state index is 13.3. The van der Waals surface area contributed by atoms with E-state index in [4.69, 9.17) is 15.2 Å². The highest BCUT2D eigenvalue weighted by atomic mass is 16.5. The summed E-state index contributed by atoms with van der Waals surface area (Å²) in [7, 11) is 1.57. The molecular formula is C23H27NO4. The van der Waals surface area contributed by atoms with Gasteiger partial charge in [-0.3, -0.25) is 9.59 Å². The van der Waals surface area contributed by atoms with Gasteiger partial charge in [-0.25, -0.2) is 0 Å². The van der Waals surface area contributed by atoms with Crippen molar-refractivity contribution in [3.05, 3.63) is 64.7 Å². The first-order valence-electron chi connectivity index (χ1n) is 9.75. The van der Waals surface area contributed by atoms with Crippen LogP contribution >= 0.6 is 0 Å². The van der Waals surface area contributed by atoms with Crippen molar-refractivity contribution in [1.82, 2.24) is 0 Å². The van der Waals surface area contributed by atoms with Gasteiger partial charge in [0.05, 0.1) is 13.7 Å². The molecule has 0 saturated carbocycles. The van der Waals surface area contributed by atoms with Crippen molar-refractivity contribution >= 4 is 11.8 Å². The summed E-state index contributed by atoms with van der Waals surface area (Å²) < 4.78 is 10.4. The molecule has 28 heavy (non-hydrogen) atoms. The second kappa shape index (κ2) is 9.02. The number of methoxy groups -OCH3 is 1. The van der Waals surface area contributed by atoms with Crippen molar-refractivity contribution in [3.8, 4) is 5.75 Å². The number of nitrogens with two attached hydrogens (primary N) is 1. The SMILES string of the molecule is CCOC(=O)C(C(=O)c1ccc(OC)cc1)C(CN)c1ccc2c(c1)CCC2. The van der Waals surface area contributed by atoms with E-state index in [1.807, 2.05) is 6.07 Å². The van der Waals surface area contributed by atoms with E-state index >= 15 is 0 Å². The van der Waals surface area contributed by atoms with Crippen LogP contribution in [0.15, 0.2) is 42.5 Å². The van der Waals surface area contributed by atoms with E-state index in [2.05, 4.69) is 12.1 Å². The van der Waals surface area contributed by atoms with Crippen molar-refractivity contribution < 1.29 is 19.1 Å². The standard InChI is InChI=1S/C23H27NO4/c1-3-28-23(26)21(22(25)16-9-11-19(27-2)12-10-16)20(14-24)18-8-7-15-5-4-6-17(15)13-18/h7-13,20-21H,3-6,14,24H2,1-2H3. The van der Waals surface area contributed by atoms with Crippen LogP contribution in [-0.4, -0.2) is 32.0 Å². The van der Waals surface area contributed by atoms with Gasteiger partial charge < -0.3 is 15.2 Å². The Kier molecular flexibility index (Phi) is 6.47. The summed E-state index contributed by atoms with van der Waals surface area (Å²) in [6, 6.07) is 13.0. The molecule has 2 aromatic rings. The molecule has 0 bridgehead atoms. The van der Waals surface area contributed by atoms with Gasteiger partial charge in [0, 0.05) is 18.0 Å². The molecule has 0 saturated heterocycles. The van der Waals surface area contributed by atoms with Crippen LogP contribution in [0.4, 0.5) is 0 Å². The Morgan fingerprint density at radius 2 is 1.79 bits per heavy atom. The average Bonchev–Trinajstić information content (AvgIpc) is 3.19. The summed E-state index contributed by atoms with van der Waals surface area (Å²) in [6.07, 6.45) is 3.24. The molecule has 1 aliphatic carbocycles. The molecule has 3 rings (SSSR count). The third-order valence-corrected chi connectivity index (χ3v) is 5.40. The Balaban J connectivity index is 1.97. The van der Waals surface area contributed by atoms with Gasteiger partial charge in [0.1, 0.15) is 11.7 Å². The van der Waals surface area contributed by atoms with E-state index in [-0.39, 0.29) is 18.9 Å². The molecular weight excluding hydrogens is 354 g/mol. The number of rotatable bonds is 8. The molecule has 148 valence electrons. The second-order valence-electron chi connectivity index (χ2n) is 7.05. The number of fused-ring (bicyclic) bond motifs is 1. The number of aryl methyl sites for hydroxylation is 2. The number of hydrogen-bond donors (Lipinski definition) is 1. The van der Waals surface area contributed by atoms with E-state index in [0.29, 0.717) is 11.3 Å². The zero-order chi connectivity index (χ0) is 20.1. The van der Waals surface area contributed by atoms with Gasteiger partial charge >= 0.3 is 5.97 Å². The van der Waals surface area contributed by atoms with Crippen molar-refractivity contribution in [2.24, 2.45) is 11.7 Å². The summed E-state index contributed by atoms with van der Waals surface area (Å²) >= 11 is 0. The van der Waals surface area contributed by atoms with Crippen LogP contribution in [0.3, 0.4) is 0 Å². The quantitative estimate of drug-likeness (QED) is 0.431. The molecule has 1 aliphatic rings. The van der Waals surface area contributed by atoms with Crippen molar-refractivity contribution in [2.45, 2.75) is 32.1 Å². The van der Waals surface area contributed by atoms with Crippen LogP contribution in [-0.2, 0) is 22.4 Å². The van der Waals surface area contributed by atoms with Crippen LogP contribution in [0.1, 0.15) is 46.3 Å². The van der Waals surface area contributed by atoms with Crippen LogP contribution < -0.4 is 10.5 Å². The lowest BCUT2D eigenvalue weighted by molar-refractivity contribution is -0.146. The predicted molar refractivity (Wildman–Crippen MR) is 108 cm³/mol. The molecule has 0 aromatic heterocycles. The summed E-state index contributed by atoms with van der Waals surface area (Å²) in [5, 5.41) is 0. The number of ketones is 1. The monoisotopic (exact) mass is 381 g/mol. The molecule has 0 amide bonds. The normalized spacial score (nSPS) is 14.8. The fourth-order valence-electron chi connectivity index (χ4n) is 3.91. The lowest BCUT2D eigenvalue weighted by atomic mass is 9.80. The molecule has 0 aliphatic heterocycles. The molecule has 2 aromatic carbocycles. The Bertz CT molecular complexity index is 844. The van der Waals surface area contributed by atoms with E-state index in [0.717, 1.165) is 24.8 Å². The second-order valence-corrected chi connectivity index (χ2v) is 7.05. The number of esters is 1. The molecule has 2 N–H and O–H groups in total. The molecule has 0 spiro atoms. The smallest absolute Gasteiger partial charge is 0.317 e. The first kappa shape index (κ1) is 20.1. The number of Topliss-reactive ketones (excluding diaryl/α,β-unsaturated/α-hetero) is 1. The Labute approximate surface area is 165 Å². The van der Waals surface area contributed by atoms with Gasteiger partial charge in [-0.15, -0.1) is 0 Å². The first-order chi connectivity index (χ1) is 13.6. The fourth-order valence-corrected chi connectivity index (χ4v) is 3.91. The highest BCUT2D eigenvalue weighted by Crippen LogP contribution is 2.32. The summed E-state index contributed by atoms with van der Waals surface area (Å²) in [5.74, 6) is -1.56. The van der Waals surface area contributed by atoms with Gasteiger partial charge in [-0.05, 0) is 67.1 Å². The lowest BCUT2D eigenvalue weighted by Crippen LogP contribution is -2.35. The molecule has 0 heterocycles. The highest BCUT2D eigenvalue weighted by molar-refractivity contribution is 6.09. The summed E-state index contributed by atoms with van der Waals surface area (Å²) in [6.45, 7) is 2.14. The minimum atomic E-state index is -0.974. The van der Waals surface area contributed by atoms with Crippen LogP contribution in [0.5, 0.6) is 5.75 Å².